The van der Waals surface area contributed by atoms with Crippen molar-refractivity contribution in [1.82, 2.24) is 0 Å². The van der Waals surface area contributed by atoms with Gasteiger partial charge in [0.1, 0.15) is 5.75 Å². The van der Waals surface area contributed by atoms with Gasteiger partial charge < -0.3 is 10.1 Å². The highest BCUT2D eigenvalue weighted by atomic mass is 32.2. The number of benzene rings is 2. The van der Waals surface area contributed by atoms with Crippen molar-refractivity contribution in [1.29, 1.82) is 0 Å². The smallest absolute Gasteiger partial charge is 0.248 e. The van der Waals surface area contributed by atoms with Gasteiger partial charge >= 0.3 is 0 Å². The molecule has 2 aromatic rings. The average Bonchev–Trinajstić information content (AvgIpc) is 2.54. The van der Waals surface area contributed by atoms with Crippen LogP contribution in [0.1, 0.15) is 12.5 Å². The molecular formula is C18H19NO4S. The number of ether oxygens (including phenoxy) is 1. The highest BCUT2D eigenvalue weighted by Gasteiger charge is 2.08. The number of carbonyl (C=O) groups is 1. The highest BCUT2D eigenvalue weighted by molar-refractivity contribution is 7.90. The maximum Gasteiger partial charge on any atom is 0.248 e. The predicted molar refractivity (Wildman–Crippen MR) is 94.8 cm³/mol. The van der Waals surface area contributed by atoms with Crippen LogP contribution in [0.25, 0.3) is 6.08 Å². The molecule has 0 unspecified atom stereocenters. The Morgan fingerprint density at radius 2 is 1.88 bits per heavy atom. The molecule has 0 saturated carbocycles. The molecule has 0 heterocycles. The first-order chi connectivity index (χ1) is 11.4. The summed E-state index contributed by atoms with van der Waals surface area (Å²) in [4.78, 5) is 12.1. The lowest BCUT2D eigenvalue weighted by atomic mass is 10.2. The number of anilines is 1. The average molecular weight is 345 g/mol. The molecule has 0 atom stereocenters. The van der Waals surface area contributed by atoms with Gasteiger partial charge in [-0.15, -0.1) is 0 Å². The van der Waals surface area contributed by atoms with Crippen LogP contribution < -0.4 is 10.1 Å². The summed E-state index contributed by atoms with van der Waals surface area (Å²) in [6, 6.07) is 13.5. The molecule has 5 nitrogen and oxygen atoms in total. The summed E-state index contributed by atoms with van der Waals surface area (Å²) in [6.07, 6.45) is 4.19. The summed E-state index contributed by atoms with van der Waals surface area (Å²) in [5.41, 5.74) is 1.29. The molecule has 1 amide bonds. The van der Waals surface area contributed by atoms with Crippen LogP contribution in [0.3, 0.4) is 0 Å². The number of hydrogen-bond acceptors (Lipinski definition) is 4. The van der Waals surface area contributed by atoms with Gasteiger partial charge in [-0.1, -0.05) is 18.2 Å². The molecule has 0 aliphatic rings. The van der Waals surface area contributed by atoms with Crippen LogP contribution >= 0.6 is 0 Å². The van der Waals surface area contributed by atoms with Crippen molar-refractivity contribution in [3.05, 3.63) is 60.2 Å². The Bertz CT molecular complexity index is 840. The van der Waals surface area contributed by atoms with E-state index in [1.165, 1.54) is 18.2 Å². The van der Waals surface area contributed by atoms with E-state index >= 15 is 0 Å². The van der Waals surface area contributed by atoms with E-state index in [-0.39, 0.29) is 10.8 Å². The van der Waals surface area contributed by atoms with E-state index in [2.05, 4.69) is 5.32 Å². The minimum Gasteiger partial charge on any atom is -0.494 e. The van der Waals surface area contributed by atoms with E-state index in [9.17, 15) is 13.2 Å². The first-order valence-electron chi connectivity index (χ1n) is 7.40. The van der Waals surface area contributed by atoms with Crippen LogP contribution in [0, 0.1) is 0 Å². The van der Waals surface area contributed by atoms with Gasteiger partial charge in [-0.2, -0.15) is 0 Å². The molecule has 0 saturated heterocycles. The zero-order valence-electron chi connectivity index (χ0n) is 13.5. The zero-order valence-corrected chi connectivity index (χ0v) is 14.3. The van der Waals surface area contributed by atoms with Crippen LogP contribution in [0.2, 0.25) is 0 Å². The van der Waals surface area contributed by atoms with Gasteiger partial charge in [-0.3, -0.25) is 4.79 Å². The fourth-order valence-corrected chi connectivity index (χ4v) is 2.67. The first-order valence-corrected chi connectivity index (χ1v) is 9.29. The summed E-state index contributed by atoms with van der Waals surface area (Å²) in [7, 11) is -3.31. The number of amides is 1. The van der Waals surface area contributed by atoms with Gasteiger partial charge in [0, 0.05) is 18.0 Å². The van der Waals surface area contributed by atoms with Crippen LogP contribution in [0.4, 0.5) is 5.69 Å². The molecule has 2 rings (SSSR count). The second-order valence-corrected chi connectivity index (χ2v) is 7.14. The number of carbonyl (C=O) groups excluding carboxylic acids is 1. The Labute approximate surface area is 141 Å². The lowest BCUT2D eigenvalue weighted by Gasteiger charge is -2.05. The summed E-state index contributed by atoms with van der Waals surface area (Å²) in [6.45, 7) is 2.51. The zero-order chi connectivity index (χ0) is 17.6. The number of nitrogens with one attached hydrogen (secondary N) is 1. The van der Waals surface area contributed by atoms with E-state index < -0.39 is 9.84 Å². The predicted octanol–water partition coefficient (Wildman–Crippen LogP) is 3.14. The molecule has 126 valence electrons. The second kappa shape index (κ2) is 7.79. The SMILES string of the molecule is CCOc1ccc(/C=C/C(=O)Nc2cccc(S(C)(=O)=O)c2)cc1. The molecule has 0 fully saturated rings. The van der Waals surface area contributed by atoms with Crippen molar-refractivity contribution in [3.8, 4) is 5.75 Å². The van der Waals surface area contributed by atoms with E-state index in [0.29, 0.717) is 12.3 Å². The fourth-order valence-electron chi connectivity index (χ4n) is 2.00. The number of hydrogen-bond donors (Lipinski definition) is 1. The van der Waals surface area contributed by atoms with E-state index in [4.69, 9.17) is 4.74 Å². The van der Waals surface area contributed by atoms with Crippen molar-refractivity contribution in [2.75, 3.05) is 18.2 Å². The molecule has 0 aliphatic heterocycles. The standard InChI is InChI=1S/C18H19NO4S/c1-3-23-16-10-7-14(8-11-16)9-12-18(20)19-15-5-4-6-17(13-15)24(2,21)22/h4-13H,3H2,1-2H3,(H,19,20)/b12-9+. The maximum absolute atomic E-state index is 11.9. The molecule has 2 aromatic carbocycles. The first kappa shape index (κ1) is 17.7. The topological polar surface area (TPSA) is 72.5 Å². The van der Waals surface area contributed by atoms with Gasteiger partial charge in [0.2, 0.25) is 5.91 Å². The van der Waals surface area contributed by atoms with Crippen LogP contribution in [0.5, 0.6) is 5.75 Å². The molecule has 1 N–H and O–H groups in total. The fraction of sp³-hybridized carbons (Fsp3) is 0.167. The normalized spacial score (nSPS) is 11.4. The minimum absolute atomic E-state index is 0.163. The number of rotatable bonds is 6. The molecular weight excluding hydrogens is 326 g/mol. The van der Waals surface area contributed by atoms with Crippen molar-refractivity contribution in [2.45, 2.75) is 11.8 Å². The third kappa shape index (κ3) is 5.24. The van der Waals surface area contributed by atoms with Gasteiger partial charge in [0.05, 0.1) is 11.5 Å². The van der Waals surface area contributed by atoms with Crippen LogP contribution in [-0.4, -0.2) is 27.2 Å². The molecule has 6 heteroatoms. The second-order valence-electron chi connectivity index (χ2n) is 5.12. The molecule has 0 radical (unpaired) electrons. The van der Waals surface area contributed by atoms with Gasteiger partial charge in [-0.05, 0) is 48.9 Å². The Hall–Kier alpha value is -2.60. The van der Waals surface area contributed by atoms with Crippen LogP contribution in [0.15, 0.2) is 59.5 Å². The van der Waals surface area contributed by atoms with E-state index in [0.717, 1.165) is 17.6 Å². The van der Waals surface area contributed by atoms with Gasteiger partial charge in [-0.25, -0.2) is 8.42 Å². The van der Waals surface area contributed by atoms with Crippen LogP contribution in [-0.2, 0) is 14.6 Å². The van der Waals surface area contributed by atoms with Crippen molar-refractivity contribution < 1.29 is 17.9 Å². The Morgan fingerprint density at radius 3 is 2.50 bits per heavy atom. The summed E-state index contributed by atoms with van der Waals surface area (Å²) in [5.74, 6) is 0.436. The minimum atomic E-state index is -3.31. The highest BCUT2D eigenvalue weighted by Crippen LogP contribution is 2.16. The van der Waals surface area contributed by atoms with E-state index in [1.54, 1.807) is 18.2 Å². The maximum atomic E-state index is 11.9. The molecule has 24 heavy (non-hydrogen) atoms. The van der Waals surface area contributed by atoms with Gasteiger partial charge in [0.25, 0.3) is 0 Å². The summed E-state index contributed by atoms with van der Waals surface area (Å²) in [5, 5.41) is 2.64. The summed E-state index contributed by atoms with van der Waals surface area (Å²) < 4.78 is 28.4. The van der Waals surface area contributed by atoms with Gasteiger partial charge in [0.15, 0.2) is 9.84 Å². The quantitative estimate of drug-likeness (QED) is 0.817. The third-order valence-corrected chi connectivity index (χ3v) is 4.26. The molecule has 0 spiro atoms. The summed E-state index contributed by atoms with van der Waals surface area (Å²) >= 11 is 0. The Kier molecular flexibility index (Phi) is 5.76. The lowest BCUT2D eigenvalue weighted by molar-refractivity contribution is -0.111. The molecule has 0 aromatic heterocycles. The molecule has 0 bridgehead atoms. The lowest BCUT2D eigenvalue weighted by Crippen LogP contribution is -2.08. The largest absolute Gasteiger partial charge is 0.494 e. The van der Waals surface area contributed by atoms with Crippen molar-refractivity contribution in [3.63, 3.8) is 0 Å². The monoisotopic (exact) mass is 345 g/mol. The Balaban J connectivity index is 2.02. The third-order valence-electron chi connectivity index (χ3n) is 3.15. The van der Waals surface area contributed by atoms with E-state index in [1.807, 2.05) is 31.2 Å². The van der Waals surface area contributed by atoms with Crippen molar-refractivity contribution >= 4 is 27.5 Å². The number of sulfone groups is 1. The Morgan fingerprint density at radius 1 is 1.17 bits per heavy atom. The van der Waals surface area contributed by atoms with Crippen molar-refractivity contribution in [2.24, 2.45) is 0 Å². The molecule has 0 aliphatic carbocycles.